The molecule has 0 aliphatic carbocycles. The van der Waals surface area contributed by atoms with Gasteiger partial charge >= 0.3 is 0 Å². The molecule has 1 aromatic heterocycles. The SMILES string of the molecule is CNCc1nc(C(=O)N2CCN(C(c3ccccc3)c3ccccc3)CC2)co1. The van der Waals surface area contributed by atoms with Crippen molar-refractivity contribution in [2.45, 2.75) is 12.6 Å². The maximum absolute atomic E-state index is 12.8. The maximum atomic E-state index is 12.8. The normalized spacial score (nSPS) is 15.0. The lowest BCUT2D eigenvalue weighted by molar-refractivity contribution is 0.0591. The monoisotopic (exact) mass is 390 g/mol. The third-order valence-electron chi connectivity index (χ3n) is 5.30. The number of carbonyl (C=O) groups is 1. The van der Waals surface area contributed by atoms with Crippen molar-refractivity contribution in [2.24, 2.45) is 0 Å². The molecule has 4 rings (SSSR count). The van der Waals surface area contributed by atoms with Gasteiger partial charge in [0.05, 0.1) is 12.6 Å². The van der Waals surface area contributed by atoms with Crippen LogP contribution in [0.5, 0.6) is 0 Å². The van der Waals surface area contributed by atoms with E-state index in [1.54, 1.807) is 0 Å². The number of hydrogen-bond donors (Lipinski definition) is 1. The second kappa shape index (κ2) is 9.03. The van der Waals surface area contributed by atoms with Gasteiger partial charge in [0.2, 0.25) is 5.89 Å². The maximum Gasteiger partial charge on any atom is 0.275 e. The summed E-state index contributed by atoms with van der Waals surface area (Å²) in [5.41, 5.74) is 2.92. The standard InChI is InChI=1S/C23H26N4O2/c1-24-16-21-25-20(17-29-21)23(28)27-14-12-26(13-15-27)22(18-8-4-2-5-9-18)19-10-6-3-7-11-19/h2-11,17,22,24H,12-16H2,1H3. The first-order valence-electron chi connectivity index (χ1n) is 9.98. The van der Waals surface area contributed by atoms with Crippen LogP contribution in [0, 0.1) is 0 Å². The van der Waals surface area contributed by atoms with Gasteiger partial charge in [0.1, 0.15) is 6.26 Å². The highest BCUT2D eigenvalue weighted by Gasteiger charge is 2.29. The highest BCUT2D eigenvalue weighted by molar-refractivity contribution is 5.92. The number of benzene rings is 2. The molecular weight excluding hydrogens is 364 g/mol. The average Bonchev–Trinajstić information content (AvgIpc) is 3.24. The van der Waals surface area contributed by atoms with Gasteiger partial charge in [-0.3, -0.25) is 9.69 Å². The van der Waals surface area contributed by atoms with Crippen LogP contribution < -0.4 is 5.32 Å². The van der Waals surface area contributed by atoms with Crippen LogP contribution in [-0.4, -0.2) is 53.9 Å². The second-order valence-electron chi connectivity index (χ2n) is 7.21. The molecule has 6 nitrogen and oxygen atoms in total. The van der Waals surface area contributed by atoms with Gasteiger partial charge in [-0.15, -0.1) is 0 Å². The summed E-state index contributed by atoms with van der Waals surface area (Å²) in [7, 11) is 1.82. The molecule has 1 aliphatic rings. The Morgan fingerprint density at radius 1 is 1.00 bits per heavy atom. The summed E-state index contributed by atoms with van der Waals surface area (Å²) in [5, 5.41) is 2.98. The number of oxazole rings is 1. The summed E-state index contributed by atoms with van der Waals surface area (Å²) in [6.45, 7) is 3.46. The Morgan fingerprint density at radius 3 is 2.14 bits per heavy atom. The first-order chi connectivity index (χ1) is 14.3. The number of nitrogens with zero attached hydrogens (tertiary/aromatic N) is 3. The van der Waals surface area contributed by atoms with E-state index < -0.39 is 0 Å². The minimum absolute atomic E-state index is 0.0632. The van der Waals surface area contributed by atoms with Crippen molar-refractivity contribution < 1.29 is 9.21 Å². The van der Waals surface area contributed by atoms with E-state index in [0.717, 1.165) is 13.1 Å². The van der Waals surface area contributed by atoms with Crippen molar-refractivity contribution in [1.82, 2.24) is 20.1 Å². The van der Waals surface area contributed by atoms with Gasteiger partial charge in [0.25, 0.3) is 5.91 Å². The number of carbonyl (C=O) groups excluding carboxylic acids is 1. The van der Waals surface area contributed by atoms with Crippen molar-refractivity contribution in [3.05, 3.63) is 89.6 Å². The molecule has 1 N–H and O–H groups in total. The van der Waals surface area contributed by atoms with E-state index in [9.17, 15) is 4.79 Å². The highest BCUT2D eigenvalue weighted by Crippen LogP contribution is 2.29. The molecule has 0 unspecified atom stereocenters. The van der Waals surface area contributed by atoms with Gasteiger partial charge in [-0.1, -0.05) is 60.7 Å². The first-order valence-corrected chi connectivity index (χ1v) is 9.98. The zero-order valence-corrected chi connectivity index (χ0v) is 16.6. The molecule has 0 radical (unpaired) electrons. The van der Waals surface area contributed by atoms with Crippen molar-refractivity contribution in [3.63, 3.8) is 0 Å². The predicted octanol–water partition coefficient (Wildman–Crippen LogP) is 2.94. The molecule has 1 amide bonds. The van der Waals surface area contributed by atoms with Crippen LogP contribution in [0.25, 0.3) is 0 Å². The molecule has 0 spiro atoms. The molecule has 2 heterocycles. The summed E-state index contributed by atoms with van der Waals surface area (Å²) >= 11 is 0. The van der Waals surface area contributed by atoms with Crippen LogP contribution in [0.2, 0.25) is 0 Å². The van der Waals surface area contributed by atoms with Gasteiger partial charge in [0, 0.05) is 26.2 Å². The van der Waals surface area contributed by atoms with Crippen LogP contribution in [0.1, 0.15) is 33.5 Å². The smallest absolute Gasteiger partial charge is 0.275 e. The van der Waals surface area contributed by atoms with Crippen molar-refractivity contribution in [1.29, 1.82) is 0 Å². The van der Waals surface area contributed by atoms with Gasteiger partial charge < -0.3 is 14.6 Å². The molecule has 0 bridgehead atoms. The van der Waals surface area contributed by atoms with E-state index >= 15 is 0 Å². The molecule has 0 atom stereocenters. The lowest BCUT2D eigenvalue weighted by atomic mass is 9.96. The predicted molar refractivity (Wildman–Crippen MR) is 111 cm³/mol. The van der Waals surface area contributed by atoms with Crippen LogP contribution in [0.15, 0.2) is 71.3 Å². The van der Waals surface area contributed by atoms with Crippen LogP contribution in [0.4, 0.5) is 0 Å². The largest absolute Gasteiger partial charge is 0.447 e. The van der Waals surface area contributed by atoms with E-state index in [0.29, 0.717) is 31.2 Å². The number of hydrogen-bond acceptors (Lipinski definition) is 5. The van der Waals surface area contributed by atoms with E-state index in [1.807, 2.05) is 24.1 Å². The Kier molecular flexibility index (Phi) is 6.03. The topological polar surface area (TPSA) is 61.6 Å². The van der Waals surface area contributed by atoms with Gasteiger partial charge in [-0.05, 0) is 18.2 Å². The van der Waals surface area contributed by atoms with Crippen molar-refractivity contribution in [3.8, 4) is 0 Å². The van der Waals surface area contributed by atoms with Gasteiger partial charge in [-0.25, -0.2) is 4.98 Å². The summed E-state index contributed by atoms with van der Waals surface area (Å²) < 4.78 is 5.36. The van der Waals surface area contributed by atoms with Gasteiger partial charge in [-0.2, -0.15) is 0 Å². The zero-order valence-electron chi connectivity index (χ0n) is 16.6. The van der Waals surface area contributed by atoms with Gasteiger partial charge in [0.15, 0.2) is 5.69 Å². The second-order valence-corrected chi connectivity index (χ2v) is 7.21. The van der Waals surface area contributed by atoms with E-state index in [1.165, 1.54) is 17.4 Å². The summed E-state index contributed by atoms with van der Waals surface area (Å²) in [6.07, 6.45) is 1.46. The zero-order chi connectivity index (χ0) is 20.1. The summed E-state index contributed by atoms with van der Waals surface area (Å²) in [6, 6.07) is 21.3. The Balaban J connectivity index is 1.47. The number of amides is 1. The van der Waals surface area contributed by atoms with Crippen LogP contribution in [-0.2, 0) is 6.54 Å². The van der Waals surface area contributed by atoms with E-state index in [-0.39, 0.29) is 11.9 Å². The molecule has 6 heteroatoms. The van der Waals surface area contributed by atoms with E-state index in [4.69, 9.17) is 4.42 Å². The van der Waals surface area contributed by atoms with E-state index in [2.05, 4.69) is 63.7 Å². The molecule has 29 heavy (non-hydrogen) atoms. The number of aromatic nitrogens is 1. The summed E-state index contributed by atoms with van der Waals surface area (Å²) in [5.74, 6) is 0.467. The molecule has 150 valence electrons. The molecular formula is C23H26N4O2. The van der Waals surface area contributed by atoms with Crippen LogP contribution >= 0.6 is 0 Å². The molecule has 1 saturated heterocycles. The first kappa shape index (κ1) is 19.4. The Bertz CT molecular complexity index is 879. The third kappa shape index (κ3) is 4.39. The highest BCUT2D eigenvalue weighted by atomic mass is 16.3. The molecule has 1 aliphatic heterocycles. The molecule has 1 fully saturated rings. The van der Waals surface area contributed by atoms with Crippen LogP contribution in [0.3, 0.4) is 0 Å². The lowest BCUT2D eigenvalue weighted by Crippen LogP contribution is -2.50. The Morgan fingerprint density at radius 2 is 1.59 bits per heavy atom. The summed E-state index contributed by atoms with van der Waals surface area (Å²) in [4.78, 5) is 21.4. The quantitative estimate of drug-likeness (QED) is 0.701. The lowest BCUT2D eigenvalue weighted by Gasteiger charge is -2.39. The molecule has 3 aromatic rings. The number of rotatable bonds is 6. The fraction of sp³-hybridized carbons (Fsp3) is 0.304. The molecule has 0 saturated carbocycles. The Hall–Kier alpha value is -2.96. The minimum atomic E-state index is -0.0632. The van der Waals surface area contributed by atoms with Crippen molar-refractivity contribution in [2.75, 3.05) is 33.2 Å². The molecule has 2 aromatic carbocycles. The average molecular weight is 390 g/mol. The fourth-order valence-corrected chi connectivity index (χ4v) is 3.87. The third-order valence-corrected chi connectivity index (χ3v) is 5.30. The Labute approximate surface area is 171 Å². The number of nitrogens with one attached hydrogen (secondary N) is 1. The van der Waals surface area contributed by atoms with Crippen molar-refractivity contribution >= 4 is 5.91 Å². The number of piperazine rings is 1. The minimum Gasteiger partial charge on any atom is -0.447 e. The fourth-order valence-electron chi connectivity index (χ4n) is 3.87.